The zero-order chi connectivity index (χ0) is 26.3. The average Bonchev–Trinajstić information content (AvgIpc) is 2.77. The third-order valence-corrected chi connectivity index (χ3v) is 6.90. The number of phosphoric ester groups is 1. The van der Waals surface area contributed by atoms with Crippen LogP contribution in [0.2, 0.25) is 0 Å². The molecule has 35 heavy (non-hydrogen) atoms. The molecule has 1 unspecified atom stereocenters. The average molecular weight is 524 g/mol. The number of likely N-dealkylation sites (N-methyl/N-ethyl adjacent to an activating group) is 1. The van der Waals surface area contributed by atoms with Gasteiger partial charge in [0.1, 0.15) is 19.8 Å². The molecule has 0 fully saturated rings. The molecule has 210 valence electrons. The maximum absolute atomic E-state index is 11.7. The minimum absolute atomic E-state index is 0.103. The summed E-state index contributed by atoms with van der Waals surface area (Å²) < 4.78 is 27.0. The highest BCUT2D eigenvalue weighted by Gasteiger charge is 2.22. The van der Waals surface area contributed by atoms with E-state index in [1.54, 1.807) is 0 Å². The number of alkyl carbamates (subject to hydrolysis) is 1. The molecule has 0 aromatic carbocycles. The Bertz CT molecular complexity index is 542. The summed E-state index contributed by atoms with van der Waals surface area (Å²) in [4.78, 5) is 21.2. The van der Waals surface area contributed by atoms with Gasteiger partial charge in [-0.25, -0.2) is 9.36 Å². The van der Waals surface area contributed by atoms with Crippen molar-refractivity contribution in [1.82, 2.24) is 5.32 Å². The highest BCUT2D eigenvalue weighted by atomic mass is 31.2. The van der Waals surface area contributed by atoms with Crippen molar-refractivity contribution < 1.29 is 32.5 Å². The van der Waals surface area contributed by atoms with Gasteiger partial charge in [-0.1, -0.05) is 103 Å². The van der Waals surface area contributed by atoms with E-state index >= 15 is 0 Å². The maximum Gasteiger partial charge on any atom is 0.472 e. The SMILES string of the molecule is CCCCCCCCCCCCCCCCCCNC(=O)OCCOP(=O)(O)OCC[N+](C)(C)C. The molecule has 1 atom stereocenters. The molecule has 0 radical (unpaired) electrons. The van der Waals surface area contributed by atoms with Gasteiger partial charge in [0.05, 0.1) is 27.7 Å². The predicted molar refractivity (Wildman–Crippen MR) is 144 cm³/mol. The molecule has 0 saturated carbocycles. The van der Waals surface area contributed by atoms with E-state index < -0.39 is 13.9 Å². The van der Waals surface area contributed by atoms with Crippen molar-refractivity contribution in [2.75, 3.05) is 54.1 Å². The smallest absolute Gasteiger partial charge is 0.447 e. The van der Waals surface area contributed by atoms with Crippen LogP contribution >= 0.6 is 7.82 Å². The summed E-state index contributed by atoms with van der Waals surface area (Å²) in [5.41, 5.74) is 0. The van der Waals surface area contributed by atoms with Crippen LogP contribution in [0.4, 0.5) is 4.79 Å². The number of phosphoric acid groups is 1. The van der Waals surface area contributed by atoms with Crippen molar-refractivity contribution in [2.24, 2.45) is 0 Å². The second kappa shape index (κ2) is 22.5. The third-order valence-electron chi connectivity index (χ3n) is 5.89. The number of hydrogen-bond donors (Lipinski definition) is 2. The minimum Gasteiger partial charge on any atom is -0.447 e. The molecule has 0 rings (SSSR count). The molecule has 2 N–H and O–H groups in total. The van der Waals surface area contributed by atoms with E-state index in [9.17, 15) is 14.3 Å². The van der Waals surface area contributed by atoms with Crippen LogP contribution in [0.25, 0.3) is 0 Å². The van der Waals surface area contributed by atoms with Crippen LogP contribution in [0.15, 0.2) is 0 Å². The van der Waals surface area contributed by atoms with Gasteiger partial charge in [-0.05, 0) is 6.42 Å². The number of quaternary nitrogens is 1. The van der Waals surface area contributed by atoms with Crippen molar-refractivity contribution in [1.29, 1.82) is 0 Å². The first-order valence-corrected chi connectivity index (χ1v) is 15.5. The fourth-order valence-corrected chi connectivity index (χ4v) is 4.36. The molecule has 1 amide bonds. The van der Waals surface area contributed by atoms with E-state index in [2.05, 4.69) is 12.2 Å². The van der Waals surface area contributed by atoms with Crippen LogP contribution in [-0.4, -0.2) is 69.5 Å². The number of nitrogens with one attached hydrogen (secondary N) is 1. The summed E-state index contributed by atoms with van der Waals surface area (Å²) in [5.74, 6) is 0. The van der Waals surface area contributed by atoms with Crippen molar-refractivity contribution in [3.8, 4) is 0 Å². The minimum atomic E-state index is -4.12. The van der Waals surface area contributed by atoms with Crippen molar-refractivity contribution in [2.45, 2.75) is 110 Å². The quantitative estimate of drug-likeness (QED) is 0.0775. The standard InChI is InChI=1S/C26H55N2O6P/c1-5-6-7-8-9-10-11-12-13-14-15-16-17-18-19-20-21-27-26(29)32-24-25-34-35(30,31)33-23-22-28(2,3)4/h5-25H2,1-4H3,(H-,27,29,30,31)/p+1. The number of ether oxygens (including phenoxy) is 1. The Hall–Kier alpha value is -0.660. The molecule has 0 aliphatic carbocycles. The molecule has 9 heteroatoms. The predicted octanol–water partition coefficient (Wildman–Crippen LogP) is 6.81. The number of unbranched alkanes of at least 4 members (excludes halogenated alkanes) is 15. The molecule has 0 aromatic heterocycles. The molecule has 0 saturated heterocycles. The first-order chi connectivity index (χ1) is 16.7. The molecule has 8 nitrogen and oxygen atoms in total. The molecular weight excluding hydrogens is 467 g/mol. The van der Waals surface area contributed by atoms with Gasteiger partial charge in [-0.15, -0.1) is 0 Å². The first-order valence-electron chi connectivity index (χ1n) is 14.0. The van der Waals surface area contributed by atoms with Gasteiger partial charge >= 0.3 is 13.9 Å². The van der Waals surface area contributed by atoms with Gasteiger partial charge in [0.25, 0.3) is 0 Å². The topological polar surface area (TPSA) is 94.1 Å². The number of nitrogens with zero attached hydrogens (tertiary/aromatic N) is 1. The zero-order valence-corrected chi connectivity index (χ0v) is 24.1. The lowest BCUT2D eigenvalue weighted by Crippen LogP contribution is -2.37. The van der Waals surface area contributed by atoms with E-state index in [4.69, 9.17) is 13.8 Å². The monoisotopic (exact) mass is 523 g/mol. The molecule has 0 aliphatic heterocycles. The number of carbonyl (C=O) groups is 1. The lowest BCUT2D eigenvalue weighted by Gasteiger charge is -2.24. The second-order valence-corrected chi connectivity index (χ2v) is 12.0. The molecule has 0 aliphatic rings. The van der Waals surface area contributed by atoms with Crippen LogP contribution in [0.3, 0.4) is 0 Å². The zero-order valence-electron chi connectivity index (χ0n) is 23.2. The first kappa shape index (κ1) is 34.3. The summed E-state index contributed by atoms with van der Waals surface area (Å²) in [6, 6.07) is 0. The van der Waals surface area contributed by atoms with Gasteiger partial charge in [-0.2, -0.15) is 0 Å². The van der Waals surface area contributed by atoms with Crippen LogP contribution < -0.4 is 5.32 Å². The number of carbonyl (C=O) groups excluding carboxylic acids is 1. The van der Waals surface area contributed by atoms with Crippen LogP contribution in [0.5, 0.6) is 0 Å². The van der Waals surface area contributed by atoms with E-state index in [1.165, 1.54) is 89.9 Å². The Balaban J connectivity index is 3.37. The van der Waals surface area contributed by atoms with E-state index in [0.29, 0.717) is 17.6 Å². The van der Waals surface area contributed by atoms with Gasteiger partial charge in [-0.3, -0.25) is 9.05 Å². The van der Waals surface area contributed by atoms with Gasteiger partial charge in [0, 0.05) is 6.54 Å². The van der Waals surface area contributed by atoms with Crippen LogP contribution in [-0.2, 0) is 18.3 Å². The van der Waals surface area contributed by atoms with Crippen LogP contribution in [0, 0.1) is 0 Å². The maximum atomic E-state index is 11.7. The van der Waals surface area contributed by atoms with Gasteiger partial charge < -0.3 is 19.4 Å². The molecule has 0 heterocycles. The molecule has 0 spiro atoms. The largest absolute Gasteiger partial charge is 0.472 e. The van der Waals surface area contributed by atoms with Crippen LogP contribution in [0.1, 0.15) is 110 Å². The second-order valence-electron chi connectivity index (χ2n) is 10.5. The number of hydrogen-bond acceptors (Lipinski definition) is 5. The summed E-state index contributed by atoms with van der Waals surface area (Å²) in [6.07, 6.45) is 20.5. The Labute approximate surface area is 215 Å². The third kappa shape index (κ3) is 27.8. The van der Waals surface area contributed by atoms with Gasteiger partial charge in [0.2, 0.25) is 0 Å². The summed E-state index contributed by atoms with van der Waals surface area (Å²) in [5, 5.41) is 2.70. The highest BCUT2D eigenvalue weighted by molar-refractivity contribution is 7.47. The van der Waals surface area contributed by atoms with E-state index in [1.807, 2.05) is 21.1 Å². The molecule has 0 aromatic rings. The Morgan fingerprint density at radius 2 is 1.14 bits per heavy atom. The van der Waals surface area contributed by atoms with Gasteiger partial charge in [0.15, 0.2) is 0 Å². The summed E-state index contributed by atoms with van der Waals surface area (Å²) in [6.45, 7) is 3.23. The Morgan fingerprint density at radius 1 is 0.714 bits per heavy atom. The van der Waals surface area contributed by atoms with Crippen molar-refractivity contribution in [3.05, 3.63) is 0 Å². The molecular formula is C26H56N2O6P+. The summed E-state index contributed by atoms with van der Waals surface area (Å²) in [7, 11) is 1.76. The fraction of sp³-hybridized carbons (Fsp3) is 0.962. The summed E-state index contributed by atoms with van der Waals surface area (Å²) >= 11 is 0. The van der Waals surface area contributed by atoms with Crippen molar-refractivity contribution >= 4 is 13.9 Å². The number of amides is 1. The number of rotatable bonds is 25. The highest BCUT2D eigenvalue weighted by Crippen LogP contribution is 2.42. The fourth-order valence-electron chi connectivity index (χ4n) is 3.67. The Kier molecular flexibility index (Phi) is 22.1. The Morgan fingerprint density at radius 3 is 1.60 bits per heavy atom. The van der Waals surface area contributed by atoms with E-state index in [-0.39, 0.29) is 19.8 Å². The lowest BCUT2D eigenvalue weighted by atomic mass is 10.0. The van der Waals surface area contributed by atoms with Crippen molar-refractivity contribution in [3.63, 3.8) is 0 Å². The van der Waals surface area contributed by atoms with E-state index in [0.717, 1.165) is 12.8 Å². The lowest BCUT2D eigenvalue weighted by molar-refractivity contribution is -0.870. The normalized spacial score (nSPS) is 13.5. The molecule has 0 bridgehead atoms.